The summed E-state index contributed by atoms with van der Waals surface area (Å²) in [5.41, 5.74) is 0.287. The number of benzene rings is 1. The van der Waals surface area contributed by atoms with Crippen molar-refractivity contribution in [3.8, 4) is 0 Å². The molecule has 1 saturated heterocycles. The van der Waals surface area contributed by atoms with Crippen LogP contribution in [0.5, 0.6) is 0 Å². The Morgan fingerprint density at radius 1 is 1.35 bits per heavy atom. The Morgan fingerprint density at radius 2 is 2.09 bits per heavy atom. The van der Waals surface area contributed by atoms with Crippen molar-refractivity contribution in [2.24, 2.45) is 0 Å². The third-order valence-corrected chi connectivity index (χ3v) is 5.93. The van der Waals surface area contributed by atoms with Crippen molar-refractivity contribution in [1.29, 1.82) is 0 Å². The van der Waals surface area contributed by atoms with E-state index in [1.165, 1.54) is 4.90 Å². The Bertz CT molecular complexity index is 874. The summed E-state index contributed by atoms with van der Waals surface area (Å²) in [6.45, 7) is 1.89. The van der Waals surface area contributed by atoms with Gasteiger partial charge in [0.1, 0.15) is 5.70 Å². The number of aliphatic carboxylic acids is 1. The van der Waals surface area contributed by atoms with Crippen molar-refractivity contribution in [1.82, 2.24) is 4.90 Å². The number of rotatable bonds is 2. The van der Waals surface area contributed by atoms with Crippen LogP contribution < -0.4 is 4.57 Å². The van der Waals surface area contributed by atoms with Crippen molar-refractivity contribution < 1.29 is 19.3 Å². The number of nitrogens with zero attached hydrogens (tertiary/aromatic N) is 2. The molecule has 23 heavy (non-hydrogen) atoms. The molecule has 2 aromatic rings. The second-order valence-corrected chi connectivity index (χ2v) is 6.95. The molecule has 0 radical (unpaired) electrons. The van der Waals surface area contributed by atoms with Gasteiger partial charge in [-0.15, -0.1) is 11.8 Å². The smallest absolute Gasteiger partial charge is 0.352 e. The second kappa shape index (κ2) is 4.83. The Balaban J connectivity index is 1.85. The summed E-state index contributed by atoms with van der Waals surface area (Å²) in [4.78, 5) is 25.6. The third-order valence-electron chi connectivity index (χ3n) is 4.58. The van der Waals surface area contributed by atoms with Gasteiger partial charge in [-0.1, -0.05) is 12.1 Å². The van der Waals surface area contributed by atoms with Gasteiger partial charge in [0.05, 0.1) is 0 Å². The number of pyridine rings is 1. The maximum absolute atomic E-state index is 12.9. The first kappa shape index (κ1) is 14.3. The summed E-state index contributed by atoms with van der Waals surface area (Å²) < 4.78 is 1.98. The molecule has 1 fully saturated rings. The standard InChI is InChI=1S/C17H14N2O3S/c1-17(18-9-4-6-11-5-2-3-7-12(11)18)15(22)19-13(14(20)21)8-10-23-16(17)19/h2-9,16H,10H2,1H3/p+1/t16-,17?/m0/s1. The number of fused-ring (bicyclic) bond motifs is 2. The molecule has 1 unspecified atom stereocenters. The van der Waals surface area contributed by atoms with E-state index in [-0.39, 0.29) is 17.0 Å². The van der Waals surface area contributed by atoms with Crippen LogP contribution in [-0.2, 0) is 15.1 Å². The number of carbonyl (C=O) groups is 2. The van der Waals surface area contributed by atoms with E-state index < -0.39 is 11.5 Å². The van der Waals surface area contributed by atoms with Crippen LogP contribution in [0.15, 0.2) is 54.4 Å². The molecule has 2 atom stereocenters. The molecule has 0 spiro atoms. The molecule has 5 nitrogen and oxygen atoms in total. The molecular formula is C17H15N2O3S+. The van der Waals surface area contributed by atoms with E-state index in [0.29, 0.717) is 5.75 Å². The van der Waals surface area contributed by atoms with Gasteiger partial charge in [-0.3, -0.25) is 9.69 Å². The van der Waals surface area contributed by atoms with Crippen molar-refractivity contribution >= 4 is 34.5 Å². The van der Waals surface area contributed by atoms with Crippen LogP contribution in [0.3, 0.4) is 0 Å². The van der Waals surface area contributed by atoms with Crippen LogP contribution in [0.4, 0.5) is 0 Å². The summed E-state index contributed by atoms with van der Waals surface area (Å²) >= 11 is 1.59. The highest BCUT2D eigenvalue weighted by Crippen LogP contribution is 2.45. The highest BCUT2D eigenvalue weighted by molar-refractivity contribution is 8.00. The van der Waals surface area contributed by atoms with Gasteiger partial charge in [0, 0.05) is 30.2 Å². The molecule has 1 amide bonds. The molecule has 1 N–H and O–H groups in total. The maximum Gasteiger partial charge on any atom is 0.352 e. The van der Waals surface area contributed by atoms with Gasteiger partial charge >= 0.3 is 11.9 Å². The predicted molar refractivity (Wildman–Crippen MR) is 86.6 cm³/mol. The normalized spacial score (nSPS) is 26.5. The van der Waals surface area contributed by atoms with Crippen molar-refractivity contribution in [3.63, 3.8) is 0 Å². The van der Waals surface area contributed by atoms with Crippen molar-refractivity contribution in [2.75, 3.05) is 5.75 Å². The fourth-order valence-electron chi connectivity index (χ4n) is 3.41. The molecule has 4 rings (SSSR count). The fraction of sp³-hybridized carbons (Fsp3) is 0.235. The molecule has 1 aromatic heterocycles. The summed E-state index contributed by atoms with van der Waals surface area (Å²) in [5, 5.41) is 10.2. The quantitative estimate of drug-likeness (QED) is 0.674. The van der Waals surface area contributed by atoms with Gasteiger partial charge in [-0.2, -0.15) is 4.57 Å². The van der Waals surface area contributed by atoms with Crippen LogP contribution in [0.1, 0.15) is 6.92 Å². The number of β-lactam (4-membered cyclic amide) rings is 1. The van der Waals surface area contributed by atoms with E-state index in [4.69, 9.17) is 0 Å². The minimum Gasteiger partial charge on any atom is -0.477 e. The Hall–Kier alpha value is -2.34. The molecule has 6 heteroatoms. The highest BCUT2D eigenvalue weighted by atomic mass is 32.2. The van der Waals surface area contributed by atoms with Crippen LogP contribution >= 0.6 is 11.8 Å². The lowest BCUT2D eigenvalue weighted by Gasteiger charge is -2.50. The Morgan fingerprint density at radius 3 is 2.87 bits per heavy atom. The number of hydrogen-bond acceptors (Lipinski definition) is 3. The minimum atomic E-state index is -1.05. The highest BCUT2D eigenvalue weighted by Gasteiger charge is 2.68. The molecular weight excluding hydrogens is 312 g/mol. The zero-order chi connectivity index (χ0) is 16.2. The van der Waals surface area contributed by atoms with Crippen LogP contribution in [0, 0.1) is 0 Å². The first-order chi connectivity index (χ1) is 11.0. The summed E-state index contributed by atoms with van der Waals surface area (Å²) in [6, 6.07) is 11.8. The maximum atomic E-state index is 12.9. The zero-order valence-corrected chi connectivity index (χ0v) is 13.3. The number of carboxylic acid groups (broad SMARTS) is 1. The number of aromatic nitrogens is 1. The van der Waals surface area contributed by atoms with Crippen LogP contribution in [-0.4, -0.2) is 33.0 Å². The largest absolute Gasteiger partial charge is 0.477 e. The summed E-state index contributed by atoms with van der Waals surface area (Å²) in [5.74, 6) is -0.630. The Labute approximate surface area is 137 Å². The number of carbonyl (C=O) groups excluding carboxylic acids is 1. The first-order valence-electron chi connectivity index (χ1n) is 7.34. The molecule has 1 aromatic carbocycles. The fourth-order valence-corrected chi connectivity index (χ4v) is 4.74. The van der Waals surface area contributed by atoms with E-state index in [1.807, 2.05) is 54.1 Å². The molecule has 3 heterocycles. The van der Waals surface area contributed by atoms with E-state index in [0.717, 1.165) is 10.9 Å². The van der Waals surface area contributed by atoms with Gasteiger partial charge in [-0.05, 0) is 18.2 Å². The third kappa shape index (κ3) is 1.78. The van der Waals surface area contributed by atoms with Gasteiger partial charge in [0.15, 0.2) is 11.6 Å². The molecule has 2 aliphatic heterocycles. The lowest BCUT2D eigenvalue weighted by molar-refractivity contribution is -0.732. The topological polar surface area (TPSA) is 61.5 Å². The average molecular weight is 327 g/mol. The molecule has 0 aliphatic carbocycles. The van der Waals surface area contributed by atoms with E-state index in [2.05, 4.69) is 0 Å². The Kier molecular flexibility index (Phi) is 2.99. The number of para-hydroxylation sites is 1. The van der Waals surface area contributed by atoms with E-state index in [1.54, 1.807) is 17.8 Å². The monoisotopic (exact) mass is 327 g/mol. The number of hydrogen-bond donors (Lipinski definition) is 1. The number of thioether (sulfide) groups is 1. The van der Waals surface area contributed by atoms with Gasteiger partial charge in [0.2, 0.25) is 5.52 Å². The molecule has 0 bridgehead atoms. The lowest BCUT2D eigenvalue weighted by atomic mass is 9.87. The van der Waals surface area contributed by atoms with E-state index in [9.17, 15) is 14.7 Å². The van der Waals surface area contributed by atoms with Crippen molar-refractivity contribution in [3.05, 3.63) is 54.4 Å². The lowest BCUT2D eigenvalue weighted by Crippen LogP contribution is -2.81. The van der Waals surface area contributed by atoms with Crippen LogP contribution in [0.2, 0.25) is 0 Å². The first-order valence-corrected chi connectivity index (χ1v) is 8.38. The average Bonchev–Trinajstić information content (AvgIpc) is 2.59. The SMILES string of the molecule is CC1([n+]2cccc3ccccc32)C(=O)N2C(C(=O)O)=CCS[C@H]21. The zero-order valence-electron chi connectivity index (χ0n) is 12.5. The summed E-state index contributed by atoms with van der Waals surface area (Å²) in [7, 11) is 0. The van der Waals surface area contributed by atoms with Crippen LogP contribution in [0.25, 0.3) is 10.9 Å². The number of carboxylic acids is 1. The number of amides is 1. The molecule has 2 aliphatic rings. The molecule has 0 saturated carbocycles. The minimum absolute atomic E-state index is 0.0945. The van der Waals surface area contributed by atoms with Gasteiger partial charge in [0.25, 0.3) is 5.54 Å². The van der Waals surface area contributed by atoms with Crippen molar-refractivity contribution in [2.45, 2.75) is 17.8 Å². The predicted octanol–water partition coefficient (Wildman–Crippen LogP) is 1.73. The second-order valence-electron chi connectivity index (χ2n) is 5.84. The molecule has 116 valence electrons. The van der Waals surface area contributed by atoms with E-state index >= 15 is 0 Å². The van der Waals surface area contributed by atoms with Gasteiger partial charge in [-0.25, -0.2) is 4.79 Å². The van der Waals surface area contributed by atoms with Gasteiger partial charge < -0.3 is 5.11 Å². The summed E-state index contributed by atoms with van der Waals surface area (Å²) in [6.07, 6.45) is 3.51.